The van der Waals surface area contributed by atoms with Gasteiger partial charge in [-0.05, 0) is 69.3 Å². The molecule has 1 aliphatic carbocycles. The highest BCUT2D eigenvalue weighted by Gasteiger charge is 2.41. The zero-order valence-electron chi connectivity index (χ0n) is 22.1. The zero-order valence-corrected chi connectivity index (χ0v) is 22.1. The van der Waals surface area contributed by atoms with Gasteiger partial charge < -0.3 is 19.1 Å². The van der Waals surface area contributed by atoms with E-state index in [9.17, 15) is 13.6 Å². The Hall–Kier alpha value is -2.52. The van der Waals surface area contributed by atoms with E-state index < -0.39 is 18.6 Å². The highest BCUT2D eigenvalue weighted by atomic mass is 19.3. The standard InChI is InChI=1S/C29H39F2N3O4/c1-36-29(35)33-16-7-10-23(27-24(28(30)31)18-32-34(27)26-11-5-6-17-37-26)25(33)19-38-22-14-12-21(13-15-22)20-8-3-2-4-9-20/h2-4,8-9,18,21-23,25-26,28H,5-7,10-17,19H2,1H3. The van der Waals surface area contributed by atoms with Crippen LogP contribution in [0.2, 0.25) is 0 Å². The number of piperidine rings is 1. The predicted octanol–water partition coefficient (Wildman–Crippen LogP) is 6.58. The monoisotopic (exact) mass is 531 g/mol. The van der Waals surface area contributed by atoms with Gasteiger partial charge in [0.05, 0.1) is 43.3 Å². The van der Waals surface area contributed by atoms with Crippen LogP contribution >= 0.6 is 0 Å². The van der Waals surface area contributed by atoms with E-state index in [1.54, 1.807) is 9.58 Å². The van der Waals surface area contributed by atoms with Gasteiger partial charge in [-0.15, -0.1) is 0 Å². The Bertz CT molecular complexity index is 1040. The molecule has 3 heterocycles. The van der Waals surface area contributed by atoms with Gasteiger partial charge in [0.1, 0.15) is 6.23 Å². The van der Waals surface area contributed by atoms with E-state index in [1.165, 1.54) is 18.9 Å². The van der Waals surface area contributed by atoms with Crippen molar-refractivity contribution in [2.75, 3.05) is 26.9 Å². The lowest BCUT2D eigenvalue weighted by Crippen LogP contribution is -2.51. The van der Waals surface area contributed by atoms with Crippen LogP contribution in [0, 0.1) is 0 Å². The highest BCUT2D eigenvalue weighted by molar-refractivity contribution is 5.68. The second-order valence-corrected chi connectivity index (χ2v) is 10.7. The Labute approximate surface area is 223 Å². The molecule has 3 fully saturated rings. The summed E-state index contributed by atoms with van der Waals surface area (Å²) >= 11 is 0. The van der Waals surface area contributed by atoms with Crippen LogP contribution in [0.3, 0.4) is 0 Å². The molecule has 5 rings (SSSR count). The first-order valence-corrected chi connectivity index (χ1v) is 14.0. The number of amides is 1. The van der Waals surface area contributed by atoms with E-state index in [2.05, 4.69) is 29.4 Å². The second-order valence-electron chi connectivity index (χ2n) is 10.7. The Morgan fingerprint density at radius 2 is 1.87 bits per heavy atom. The van der Waals surface area contributed by atoms with Crippen molar-refractivity contribution in [3.05, 3.63) is 53.3 Å². The van der Waals surface area contributed by atoms with Gasteiger partial charge in [0.15, 0.2) is 0 Å². The number of aromatic nitrogens is 2. The number of likely N-dealkylation sites (tertiary alicyclic amines) is 1. The average molecular weight is 532 g/mol. The van der Waals surface area contributed by atoms with Gasteiger partial charge in [-0.3, -0.25) is 0 Å². The van der Waals surface area contributed by atoms with Crippen LogP contribution in [0.25, 0.3) is 0 Å². The normalized spacial score (nSPS) is 28.4. The first kappa shape index (κ1) is 27.1. The lowest BCUT2D eigenvalue weighted by molar-refractivity contribution is -0.0471. The molecule has 1 saturated carbocycles. The third-order valence-electron chi connectivity index (χ3n) is 8.51. The number of halogens is 2. The minimum atomic E-state index is -2.66. The molecule has 0 bridgehead atoms. The van der Waals surface area contributed by atoms with Crippen molar-refractivity contribution in [3.8, 4) is 0 Å². The Morgan fingerprint density at radius 1 is 1.08 bits per heavy atom. The summed E-state index contributed by atoms with van der Waals surface area (Å²) < 4.78 is 47.6. The molecule has 2 saturated heterocycles. The molecule has 3 atom stereocenters. The smallest absolute Gasteiger partial charge is 0.409 e. The zero-order chi connectivity index (χ0) is 26.5. The van der Waals surface area contributed by atoms with Crippen LogP contribution in [-0.4, -0.2) is 59.8 Å². The fourth-order valence-electron chi connectivity index (χ4n) is 6.53. The summed E-state index contributed by atoms with van der Waals surface area (Å²) in [5.41, 5.74) is 1.76. The molecular weight excluding hydrogens is 492 g/mol. The first-order chi connectivity index (χ1) is 18.6. The summed E-state index contributed by atoms with van der Waals surface area (Å²) in [6, 6.07) is 10.2. The minimum Gasteiger partial charge on any atom is -0.453 e. The summed E-state index contributed by atoms with van der Waals surface area (Å²) in [6.45, 7) is 1.38. The van der Waals surface area contributed by atoms with Crippen LogP contribution in [0.4, 0.5) is 13.6 Å². The van der Waals surface area contributed by atoms with Gasteiger partial charge in [-0.25, -0.2) is 18.3 Å². The largest absolute Gasteiger partial charge is 0.453 e. The van der Waals surface area contributed by atoms with Crippen molar-refractivity contribution in [1.29, 1.82) is 0 Å². The average Bonchev–Trinajstić information content (AvgIpc) is 3.42. The van der Waals surface area contributed by atoms with Crippen LogP contribution in [-0.2, 0) is 14.2 Å². The number of carbonyl (C=O) groups is 1. The van der Waals surface area contributed by atoms with Crippen molar-refractivity contribution < 1.29 is 27.8 Å². The fourth-order valence-corrected chi connectivity index (χ4v) is 6.53. The van der Waals surface area contributed by atoms with Gasteiger partial charge in [-0.2, -0.15) is 5.10 Å². The van der Waals surface area contributed by atoms with Gasteiger partial charge in [0.2, 0.25) is 0 Å². The van der Waals surface area contributed by atoms with Crippen molar-refractivity contribution in [1.82, 2.24) is 14.7 Å². The molecule has 1 aromatic carbocycles. The lowest BCUT2D eigenvalue weighted by atomic mass is 9.82. The number of hydrogen-bond acceptors (Lipinski definition) is 5. The molecule has 38 heavy (non-hydrogen) atoms. The van der Waals surface area contributed by atoms with E-state index in [4.69, 9.17) is 14.2 Å². The maximum Gasteiger partial charge on any atom is 0.409 e. The molecule has 208 valence electrons. The van der Waals surface area contributed by atoms with Crippen LogP contribution in [0.15, 0.2) is 36.5 Å². The Morgan fingerprint density at radius 3 is 2.55 bits per heavy atom. The SMILES string of the molecule is COC(=O)N1CCCC(c2c(C(F)F)cnn2C2CCCCO2)C1COC1CCC(c2ccccc2)CC1. The van der Waals surface area contributed by atoms with Gasteiger partial charge in [0, 0.05) is 19.1 Å². The number of benzene rings is 1. The number of carbonyl (C=O) groups excluding carboxylic acids is 1. The number of ether oxygens (including phenoxy) is 3. The third-order valence-corrected chi connectivity index (χ3v) is 8.51. The van der Waals surface area contributed by atoms with Crippen molar-refractivity contribution >= 4 is 6.09 Å². The molecule has 2 aromatic rings. The molecule has 9 heteroatoms. The minimum absolute atomic E-state index is 0.0794. The van der Waals surface area contributed by atoms with Gasteiger partial charge in [0.25, 0.3) is 6.43 Å². The quantitative estimate of drug-likeness (QED) is 0.404. The molecule has 0 spiro atoms. The topological polar surface area (TPSA) is 65.8 Å². The maximum atomic E-state index is 14.2. The highest BCUT2D eigenvalue weighted by Crippen LogP contribution is 2.41. The summed E-state index contributed by atoms with van der Waals surface area (Å²) in [6.07, 6.45) is 5.86. The predicted molar refractivity (Wildman–Crippen MR) is 138 cm³/mol. The van der Waals surface area contributed by atoms with E-state index >= 15 is 0 Å². The Balaban J connectivity index is 1.35. The lowest BCUT2D eigenvalue weighted by Gasteiger charge is -2.42. The fraction of sp³-hybridized carbons (Fsp3) is 0.655. The molecule has 2 aliphatic heterocycles. The summed E-state index contributed by atoms with van der Waals surface area (Å²) in [5.74, 6) is 0.184. The van der Waals surface area contributed by atoms with Crippen LogP contribution in [0.5, 0.6) is 0 Å². The number of nitrogens with zero attached hydrogens (tertiary/aromatic N) is 3. The number of methoxy groups -OCH3 is 1. The Kier molecular flexibility index (Phi) is 8.94. The second kappa shape index (κ2) is 12.6. The van der Waals surface area contributed by atoms with E-state index in [1.807, 2.05) is 6.07 Å². The third kappa shape index (κ3) is 5.88. The van der Waals surface area contributed by atoms with Crippen molar-refractivity contribution in [2.24, 2.45) is 0 Å². The van der Waals surface area contributed by atoms with E-state index in [0.29, 0.717) is 37.6 Å². The molecular formula is C29H39F2N3O4. The molecule has 3 aliphatic rings. The molecule has 7 nitrogen and oxygen atoms in total. The molecule has 3 unspecified atom stereocenters. The van der Waals surface area contributed by atoms with Gasteiger partial charge >= 0.3 is 6.09 Å². The maximum absolute atomic E-state index is 14.2. The summed E-state index contributed by atoms with van der Waals surface area (Å²) in [4.78, 5) is 14.5. The molecule has 1 amide bonds. The number of hydrogen-bond donors (Lipinski definition) is 0. The van der Waals surface area contributed by atoms with E-state index in [-0.39, 0.29) is 30.4 Å². The van der Waals surface area contributed by atoms with Crippen LogP contribution in [0.1, 0.15) is 99.1 Å². The van der Waals surface area contributed by atoms with Crippen molar-refractivity contribution in [2.45, 2.75) is 94.4 Å². The summed E-state index contributed by atoms with van der Waals surface area (Å²) in [7, 11) is 1.36. The van der Waals surface area contributed by atoms with Crippen LogP contribution < -0.4 is 0 Å². The van der Waals surface area contributed by atoms with Gasteiger partial charge in [-0.1, -0.05) is 30.3 Å². The van der Waals surface area contributed by atoms with Crippen molar-refractivity contribution in [3.63, 3.8) is 0 Å². The molecule has 0 N–H and O–H groups in total. The number of alkyl halides is 2. The number of rotatable bonds is 7. The molecule has 1 aromatic heterocycles. The molecule has 0 radical (unpaired) electrons. The summed E-state index contributed by atoms with van der Waals surface area (Å²) in [5, 5.41) is 4.38. The first-order valence-electron chi connectivity index (χ1n) is 14.0. The van der Waals surface area contributed by atoms with E-state index in [0.717, 1.165) is 44.9 Å².